The Bertz CT molecular complexity index is 765. The maximum Gasteiger partial charge on any atom is 0.425 e. The van der Waals surface area contributed by atoms with Crippen LogP contribution in [0.2, 0.25) is 0 Å². The molecule has 1 unspecified atom stereocenters. The zero-order valence-corrected chi connectivity index (χ0v) is 11.7. The van der Waals surface area contributed by atoms with Gasteiger partial charge < -0.3 is 5.11 Å². The lowest BCUT2D eigenvalue weighted by Gasteiger charge is -2.28. The van der Waals surface area contributed by atoms with E-state index in [2.05, 4.69) is 0 Å². The van der Waals surface area contributed by atoms with Crippen molar-refractivity contribution in [1.29, 1.82) is 0 Å². The van der Waals surface area contributed by atoms with Crippen molar-refractivity contribution >= 4 is 5.78 Å². The first-order chi connectivity index (χ1) is 10.3. The Morgan fingerprint density at radius 3 is 2.36 bits per heavy atom. The molecule has 0 saturated heterocycles. The number of benzene rings is 2. The van der Waals surface area contributed by atoms with E-state index < -0.39 is 11.8 Å². The highest BCUT2D eigenvalue weighted by Crippen LogP contribution is 2.54. The molecule has 1 aliphatic rings. The second-order valence-electron chi connectivity index (χ2n) is 5.29. The molecule has 0 spiro atoms. The molecule has 3 rings (SSSR count). The fourth-order valence-electron chi connectivity index (χ4n) is 2.94. The van der Waals surface area contributed by atoms with Crippen molar-refractivity contribution < 1.29 is 23.1 Å². The van der Waals surface area contributed by atoms with Crippen molar-refractivity contribution in [3.63, 3.8) is 0 Å². The van der Waals surface area contributed by atoms with Gasteiger partial charge in [0, 0.05) is 23.1 Å². The van der Waals surface area contributed by atoms with Crippen molar-refractivity contribution in [2.45, 2.75) is 25.1 Å². The van der Waals surface area contributed by atoms with Gasteiger partial charge in [0.05, 0.1) is 0 Å². The summed E-state index contributed by atoms with van der Waals surface area (Å²) in [6, 6.07) is 10.0. The van der Waals surface area contributed by atoms with Crippen LogP contribution in [-0.4, -0.2) is 17.1 Å². The lowest BCUT2D eigenvalue weighted by Crippen LogP contribution is -2.41. The number of hydrogen-bond acceptors (Lipinski definition) is 2. The fraction of sp³-hybridized carbons (Fsp3) is 0.235. The summed E-state index contributed by atoms with van der Waals surface area (Å²) in [5.41, 5.74) is -2.73. The number of rotatable bonds is 2. The molecule has 0 saturated carbocycles. The highest BCUT2D eigenvalue weighted by atomic mass is 19.4. The van der Waals surface area contributed by atoms with Crippen molar-refractivity contribution in [2.24, 2.45) is 0 Å². The van der Waals surface area contributed by atoms with Crippen LogP contribution in [0.15, 0.2) is 42.5 Å². The van der Waals surface area contributed by atoms with E-state index in [1.54, 1.807) is 19.1 Å². The molecule has 114 valence electrons. The number of alkyl halides is 3. The van der Waals surface area contributed by atoms with Crippen LogP contribution in [0.4, 0.5) is 13.2 Å². The predicted octanol–water partition coefficient (Wildman–Crippen LogP) is 4.06. The zero-order chi connectivity index (χ0) is 16.1. The molecule has 22 heavy (non-hydrogen) atoms. The molecule has 1 N–H and O–H groups in total. The molecule has 2 aromatic rings. The lowest BCUT2D eigenvalue weighted by molar-refractivity contribution is -0.246. The molecule has 2 aromatic carbocycles. The van der Waals surface area contributed by atoms with E-state index in [1.807, 2.05) is 0 Å². The van der Waals surface area contributed by atoms with Crippen LogP contribution >= 0.6 is 0 Å². The highest BCUT2D eigenvalue weighted by molar-refractivity contribution is 5.97. The third-order valence-electron chi connectivity index (χ3n) is 4.07. The third kappa shape index (κ3) is 1.82. The molecular formula is C17H13F3O2. The first kappa shape index (κ1) is 14.8. The monoisotopic (exact) mass is 306 g/mol. The maximum atomic E-state index is 13.6. The van der Waals surface area contributed by atoms with Crippen LogP contribution in [0.3, 0.4) is 0 Å². The van der Waals surface area contributed by atoms with Crippen LogP contribution in [0, 0.1) is 0 Å². The van der Waals surface area contributed by atoms with Gasteiger partial charge in [-0.3, -0.25) is 4.79 Å². The van der Waals surface area contributed by atoms with Gasteiger partial charge in [0.2, 0.25) is 5.60 Å². The van der Waals surface area contributed by atoms with Gasteiger partial charge in [0.25, 0.3) is 0 Å². The van der Waals surface area contributed by atoms with Crippen molar-refractivity contribution in [2.75, 3.05) is 0 Å². The Morgan fingerprint density at radius 2 is 1.73 bits per heavy atom. The standard InChI is InChI=1S/C17H13F3O2/c1-2-15(21)10-7-8-12-11-5-3-4-6-13(11)16(22,14(12)9-10)17(18,19)20/h3-9,22H,2H2,1H3. The number of fused-ring (bicyclic) bond motifs is 3. The van der Waals surface area contributed by atoms with Gasteiger partial charge in [-0.2, -0.15) is 13.2 Å². The van der Waals surface area contributed by atoms with Gasteiger partial charge in [-0.05, 0) is 17.2 Å². The van der Waals surface area contributed by atoms with Gasteiger partial charge in [-0.25, -0.2) is 0 Å². The summed E-state index contributed by atoms with van der Waals surface area (Å²) in [5, 5.41) is 10.5. The Hall–Kier alpha value is -2.14. The van der Waals surface area contributed by atoms with Crippen LogP contribution in [0.1, 0.15) is 34.8 Å². The van der Waals surface area contributed by atoms with Gasteiger partial charge in [-0.15, -0.1) is 0 Å². The number of aliphatic hydroxyl groups is 1. The van der Waals surface area contributed by atoms with Crippen LogP contribution in [0.5, 0.6) is 0 Å². The Morgan fingerprint density at radius 1 is 1.09 bits per heavy atom. The van der Waals surface area contributed by atoms with Gasteiger partial charge in [-0.1, -0.05) is 43.3 Å². The molecule has 0 bridgehead atoms. The molecule has 0 amide bonds. The molecule has 0 aromatic heterocycles. The SMILES string of the molecule is CCC(=O)c1ccc2c(c1)C(O)(C(F)(F)F)c1ccccc1-2. The largest absolute Gasteiger partial charge is 0.425 e. The molecule has 0 fully saturated rings. The van der Waals surface area contributed by atoms with E-state index in [-0.39, 0.29) is 28.9 Å². The summed E-state index contributed by atoms with van der Waals surface area (Å²) in [6.45, 7) is 1.64. The van der Waals surface area contributed by atoms with Gasteiger partial charge in [0.1, 0.15) is 0 Å². The number of carbonyl (C=O) groups is 1. The summed E-state index contributed by atoms with van der Waals surface area (Å²) in [5.74, 6) is -0.261. The predicted molar refractivity (Wildman–Crippen MR) is 75.6 cm³/mol. The lowest BCUT2D eigenvalue weighted by atomic mass is 9.89. The molecule has 1 aliphatic carbocycles. The second-order valence-corrected chi connectivity index (χ2v) is 5.29. The summed E-state index contributed by atoms with van der Waals surface area (Å²) >= 11 is 0. The molecule has 5 heteroatoms. The molecule has 0 radical (unpaired) electrons. The van der Waals surface area contributed by atoms with Crippen LogP contribution in [-0.2, 0) is 5.60 Å². The molecule has 2 nitrogen and oxygen atoms in total. The van der Waals surface area contributed by atoms with E-state index in [0.29, 0.717) is 11.1 Å². The molecular weight excluding hydrogens is 293 g/mol. The number of hydrogen-bond donors (Lipinski definition) is 1. The van der Waals surface area contributed by atoms with E-state index in [9.17, 15) is 23.1 Å². The minimum atomic E-state index is -4.87. The second kappa shape index (κ2) is 4.68. The number of Topliss-reactive ketones (excluding diaryl/α,β-unsaturated/α-hetero) is 1. The molecule has 1 atom stereocenters. The number of carbonyl (C=O) groups excluding carboxylic acids is 1. The van der Waals surface area contributed by atoms with Gasteiger partial charge in [0.15, 0.2) is 5.78 Å². The highest BCUT2D eigenvalue weighted by Gasteiger charge is 2.60. The maximum absolute atomic E-state index is 13.6. The van der Waals surface area contributed by atoms with Gasteiger partial charge >= 0.3 is 6.18 Å². The Balaban J connectivity index is 2.33. The minimum absolute atomic E-state index is 0.178. The minimum Gasteiger partial charge on any atom is -0.372 e. The van der Waals surface area contributed by atoms with Crippen molar-refractivity contribution in [3.05, 3.63) is 59.2 Å². The molecule has 0 aliphatic heterocycles. The molecule has 0 heterocycles. The third-order valence-corrected chi connectivity index (χ3v) is 4.07. The zero-order valence-electron chi connectivity index (χ0n) is 11.7. The summed E-state index contributed by atoms with van der Waals surface area (Å²) < 4.78 is 40.7. The summed E-state index contributed by atoms with van der Waals surface area (Å²) in [7, 11) is 0. The first-order valence-corrected chi connectivity index (χ1v) is 6.87. The van der Waals surface area contributed by atoms with E-state index in [4.69, 9.17) is 0 Å². The van der Waals surface area contributed by atoms with Crippen molar-refractivity contribution in [1.82, 2.24) is 0 Å². The first-order valence-electron chi connectivity index (χ1n) is 6.87. The van der Waals surface area contributed by atoms with Crippen LogP contribution in [0.25, 0.3) is 11.1 Å². The van der Waals surface area contributed by atoms with E-state index in [1.165, 1.54) is 24.3 Å². The quantitative estimate of drug-likeness (QED) is 0.850. The van der Waals surface area contributed by atoms with Crippen molar-refractivity contribution in [3.8, 4) is 11.1 Å². The Kier molecular flexibility index (Phi) is 3.14. The average Bonchev–Trinajstić information content (AvgIpc) is 2.77. The topological polar surface area (TPSA) is 37.3 Å². The summed E-state index contributed by atoms with van der Waals surface area (Å²) in [4.78, 5) is 11.8. The fourth-order valence-corrected chi connectivity index (χ4v) is 2.94. The summed E-state index contributed by atoms with van der Waals surface area (Å²) in [6.07, 6.45) is -4.68. The number of ketones is 1. The Labute approximate surface area is 125 Å². The van der Waals surface area contributed by atoms with E-state index >= 15 is 0 Å². The average molecular weight is 306 g/mol. The van der Waals surface area contributed by atoms with E-state index in [0.717, 1.165) is 6.07 Å². The van der Waals surface area contributed by atoms with Crippen LogP contribution < -0.4 is 0 Å². The normalized spacial score (nSPS) is 19.7. The number of halogens is 3. The smallest absolute Gasteiger partial charge is 0.372 e.